The molecule has 1 heterocycles. The number of amides is 1. The predicted octanol–water partition coefficient (Wildman–Crippen LogP) is 3.38. The van der Waals surface area contributed by atoms with Crippen LogP contribution in [0.3, 0.4) is 0 Å². The molecule has 1 aliphatic carbocycles. The van der Waals surface area contributed by atoms with Gasteiger partial charge in [0.25, 0.3) is 5.91 Å². The van der Waals surface area contributed by atoms with Crippen molar-refractivity contribution in [1.82, 2.24) is 10.3 Å². The number of benzene rings is 1. The summed E-state index contributed by atoms with van der Waals surface area (Å²) in [4.78, 5) is 27.9. The van der Waals surface area contributed by atoms with Crippen molar-refractivity contribution in [2.75, 3.05) is 25.6 Å². The van der Waals surface area contributed by atoms with E-state index < -0.39 is 12.0 Å². The molecule has 1 aliphatic rings. The largest absolute Gasteiger partial charge is 0.496 e. The minimum atomic E-state index is -0.753. The lowest BCUT2D eigenvalue weighted by Gasteiger charge is -2.26. The van der Waals surface area contributed by atoms with Crippen molar-refractivity contribution in [1.29, 1.82) is 5.26 Å². The number of rotatable bonds is 9. The molecule has 0 radical (unpaired) electrons. The third-order valence-electron chi connectivity index (χ3n) is 6.08. The molecule has 0 aliphatic heterocycles. The summed E-state index contributed by atoms with van der Waals surface area (Å²) in [7, 11) is 1.50. The number of ether oxygens (including phenoxy) is 1. The number of aliphatic hydroxyl groups is 1. The summed E-state index contributed by atoms with van der Waals surface area (Å²) in [5.41, 5.74) is 1.28. The van der Waals surface area contributed by atoms with Gasteiger partial charge in [-0.1, -0.05) is 11.6 Å². The third-order valence-corrected chi connectivity index (χ3v) is 6.37. The third kappa shape index (κ3) is 6.16. The van der Waals surface area contributed by atoms with Crippen LogP contribution in [0.15, 0.2) is 30.5 Å². The fourth-order valence-electron chi connectivity index (χ4n) is 4.08. The van der Waals surface area contributed by atoms with Gasteiger partial charge in [-0.25, -0.2) is 4.98 Å². The van der Waals surface area contributed by atoms with E-state index in [0.717, 1.165) is 12.8 Å². The zero-order valence-corrected chi connectivity index (χ0v) is 19.5. The van der Waals surface area contributed by atoms with Crippen molar-refractivity contribution >= 4 is 29.3 Å². The van der Waals surface area contributed by atoms with Gasteiger partial charge in [0.2, 0.25) is 0 Å². The number of carbonyl (C=O) groups excluding carboxylic acids is 1. The molecule has 0 unspecified atom stereocenters. The standard InChI is InChI=1S/C24H27ClN4O5/c1-34-21-7-4-15(10-26)8-18(21)20(13-30)29-22-19(25)9-17(12-27-22)23(31)28-11-14-2-5-16(6-3-14)24(32)33/h4,7-9,12,14,16,20,30H,2-3,5-6,11,13H2,1H3,(H,27,29)(H,28,31)(H,32,33)/t14?,16?,20-/m1/s1. The molecule has 1 saturated carbocycles. The number of aliphatic hydroxyl groups excluding tert-OH is 1. The highest BCUT2D eigenvalue weighted by atomic mass is 35.5. The van der Waals surface area contributed by atoms with Crippen LogP contribution in [-0.4, -0.2) is 47.3 Å². The Hall–Kier alpha value is -3.35. The van der Waals surface area contributed by atoms with E-state index in [0.29, 0.717) is 41.8 Å². The quantitative estimate of drug-likeness (QED) is 0.422. The van der Waals surface area contributed by atoms with Crippen LogP contribution >= 0.6 is 11.6 Å². The summed E-state index contributed by atoms with van der Waals surface area (Å²) in [6.07, 6.45) is 4.16. The van der Waals surface area contributed by atoms with Crippen LogP contribution in [0.5, 0.6) is 5.75 Å². The molecule has 4 N–H and O–H groups in total. The SMILES string of the molecule is COc1ccc(C#N)cc1[C@@H](CO)Nc1ncc(C(=O)NCC2CCC(C(=O)O)CC2)cc1Cl. The van der Waals surface area contributed by atoms with Crippen molar-refractivity contribution in [3.63, 3.8) is 0 Å². The second-order valence-corrected chi connectivity index (χ2v) is 8.68. The van der Waals surface area contributed by atoms with Crippen molar-refractivity contribution in [2.45, 2.75) is 31.7 Å². The normalized spacial score (nSPS) is 18.4. The number of carboxylic acid groups (broad SMARTS) is 1. The topological polar surface area (TPSA) is 145 Å². The minimum Gasteiger partial charge on any atom is -0.496 e. The van der Waals surface area contributed by atoms with Gasteiger partial charge in [-0.15, -0.1) is 0 Å². The van der Waals surface area contributed by atoms with Gasteiger partial charge in [0.1, 0.15) is 11.6 Å². The van der Waals surface area contributed by atoms with Gasteiger partial charge in [0.15, 0.2) is 0 Å². The Morgan fingerprint density at radius 3 is 2.62 bits per heavy atom. The number of nitrogens with one attached hydrogen (secondary N) is 2. The predicted molar refractivity (Wildman–Crippen MR) is 126 cm³/mol. The van der Waals surface area contributed by atoms with Crippen LogP contribution in [0, 0.1) is 23.2 Å². The number of nitriles is 1. The highest BCUT2D eigenvalue weighted by Gasteiger charge is 2.26. The number of methoxy groups -OCH3 is 1. The van der Waals surface area contributed by atoms with Gasteiger partial charge in [-0.3, -0.25) is 9.59 Å². The maximum atomic E-state index is 12.6. The molecule has 2 aromatic rings. The van der Waals surface area contributed by atoms with E-state index in [-0.39, 0.29) is 35.2 Å². The van der Waals surface area contributed by atoms with Crippen LogP contribution in [0.1, 0.15) is 53.2 Å². The van der Waals surface area contributed by atoms with Crippen molar-refractivity contribution in [3.05, 3.63) is 52.2 Å². The molecule has 1 amide bonds. The number of anilines is 1. The maximum absolute atomic E-state index is 12.6. The summed E-state index contributed by atoms with van der Waals surface area (Å²) >= 11 is 6.36. The van der Waals surface area contributed by atoms with E-state index in [4.69, 9.17) is 21.4 Å². The number of halogens is 1. The summed E-state index contributed by atoms with van der Waals surface area (Å²) in [5, 5.41) is 34.3. The van der Waals surface area contributed by atoms with Crippen molar-refractivity contribution < 1.29 is 24.5 Å². The Morgan fingerprint density at radius 1 is 1.29 bits per heavy atom. The van der Waals surface area contributed by atoms with Gasteiger partial charge < -0.3 is 25.6 Å². The number of carboxylic acids is 1. The zero-order chi connectivity index (χ0) is 24.7. The summed E-state index contributed by atoms with van der Waals surface area (Å²) < 4.78 is 5.34. The van der Waals surface area contributed by atoms with Gasteiger partial charge in [0.05, 0.1) is 47.9 Å². The average molecular weight is 487 g/mol. The monoisotopic (exact) mass is 486 g/mol. The molecule has 1 aromatic heterocycles. The number of hydrogen-bond acceptors (Lipinski definition) is 7. The lowest BCUT2D eigenvalue weighted by atomic mass is 9.82. The Bertz CT molecular complexity index is 1080. The Kier molecular flexibility index (Phi) is 8.68. The van der Waals surface area contributed by atoms with Crippen LogP contribution in [-0.2, 0) is 4.79 Å². The first-order valence-corrected chi connectivity index (χ1v) is 11.4. The van der Waals surface area contributed by atoms with Crippen LogP contribution in [0.4, 0.5) is 5.82 Å². The van der Waals surface area contributed by atoms with Crippen molar-refractivity contribution in [3.8, 4) is 11.8 Å². The van der Waals surface area contributed by atoms with E-state index in [1.807, 2.05) is 0 Å². The van der Waals surface area contributed by atoms with Gasteiger partial charge in [0, 0.05) is 18.3 Å². The second kappa shape index (κ2) is 11.7. The molecule has 1 atom stereocenters. The Morgan fingerprint density at radius 2 is 2.03 bits per heavy atom. The summed E-state index contributed by atoms with van der Waals surface area (Å²) in [5.74, 6) is -0.350. The number of pyridine rings is 1. The number of hydrogen-bond donors (Lipinski definition) is 4. The van der Waals surface area contributed by atoms with Gasteiger partial charge in [-0.05, 0) is 55.9 Å². The molecule has 10 heteroatoms. The number of carbonyl (C=O) groups is 2. The van der Waals surface area contributed by atoms with E-state index in [2.05, 4.69) is 21.7 Å². The van der Waals surface area contributed by atoms with E-state index in [1.165, 1.54) is 19.4 Å². The summed E-state index contributed by atoms with van der Waals surface area (Å²) in [6, 6.07) is 7.79. The molecule has 180 valence electrons. The lowest BCUT2D eigenvalue weighted by molar-refractivity contribution is -0.143. The first kappa shape index (κ1) is 25.3. The van der Waals surface area contributed by atoms with E-state index in [1.54, 1.807) is 18.2 Å². The zero-order valence-electron chi connectivity index (χ0n) is 18.8. The minimum absolute atomic E-state index is 0.198. The van der Waals surface area contributed by atoms with Crippen LogP contribution < -0.4 is 15.4 Å². The molecule has 34 heavy (non-hydrogen) atoms. The van der Waals surface area contributed by atoms with Crippen LogP contribution in [0.25, 0.3) is 0 Å². The smallest absolute Gasteiger partial charge is 0.306 e. The molecular formula is C24H27ClN4O5. The highest BCUT2D eigenvalue weighted by Crippen LogP contribution is 2.31. The maximum Gasteiger partial charge on any atom is 0.306 e. The highest BCUT2D eigenvalue weighted by molar-refractivity contribution is 6.33. The van der Waals surface area contributed by atoms with Gasteiger partial charge >= 0.3 is 5.97 Å². The number of nitrogens with zero attached hydrogens (tertiary/aromatic N) is 2. The summed E-state index contributed by atoms with van der Waals surface area (Å²) in [6.45, 7) is 0.153. The average Bonchev–Trinajstić information content (AvgIpc) is 2.86. The molecule has 9 nitrogen and oxygen atoms in total. The van der Waals surface area contributed by atoms with Crippen LogP contribution in [0.2, 0.25) is 5.02 Å². The molecule has 0 saturated heterocycles. The van der Waals surface area contributed by atoms with Crippen molar-refractivity contribution in [2.24, 2.45) is 11.8 Å². The molecule has 0 spiro atoms. The molecule has 3 rings (SSSR count). The molecule has 1 fully saturated rings. The molecule has 0 bridgehead atoms. The second-order valence-electron chi connectivity index (χ2n) is 8.27. The lowest BCUT2D eigenvalue weighted by Crippen LogP contribution is -2.32. The van der Waals surface area contributed by atoms with Gasteiger partial charge in [-0.2, -0.15) is 5.26 Å². The molecular weight excluding hydrogens is 460 g/mol. The Balaban J connectivity index is 1.64. The first-order chi connectivity index (χ1) is 16.4. The Labute approximate surface area is 202 Å². The first-order valence-electron chi connectivity index (χ1n) is 11.0. The van der Waals surface area contributed by atoms with E-state index >= 15 is 0 Å². The number of aliphatic carboxylic acids is 1. The van der Waals surface area contributed by atoms with E-state index in [9.17, 15) is 20.0 Å². The number of aromatic nitrogens is 1. The fraction of sp³-hybridized carbons (Fsp3) is 0.417. The fourth-order valence-corrected chi connectivity index (χ4v) is 4.30. The molecule has 1 aromatic carbocycles.